The van der Waals surface area contributed by atoms with E-state index in [1.165, 1.54) is 11.6 Å². The molecule has 1 amide bonds. The predicted molar refractivity (Wildman–Crippen MR) is 125 cm³/mol. The lowest BCUT2D eigenvalue weighted by molar-refractivity contribution is -0.112. The van der Waals surface area contributed by atoms with Crippen LogP contribution in [0.3, 0.4) is 0 Å². The van der Waals surface area contributed by atoms with Crippen LogP contribution >= 0.6 is 0 Å². The highest BCUT2D eigenvalue weighted by molar-refractivity contribution is 6.09. The zero-order valence-electron chi connectivity index (χ0n) is 17.7. The maximum atomic E-state index is 12.6. The molecular weight excluding hydrogens is 400 g/mol. The van der Waals surface area contributed by atoms with Gasteiger partial charge in [0, 0.05) is 11.3 Å². The third-order valence-corrected chi connectivity index (χ3v) is 4.53. The smallest absolute Gasteiger partial charge is 0.266 e. The number of carbonyl (C=O) groups is 1. The lowest BCUT2D eigenvalue weighted by Crippen LogP contribution is -2.13. The Morgan fingerprint density at radius 3 is 2.44 bits per heavy atom. The van der Waals surface area contributed by atoms with E-state index < -0.39 is 5.91 Å². The maximum Gasteiger partial charge on any atom is 0.266 e. The Morgan fingerprint density at radius 2 is 1.75 bits per heavy atom. The van der Waals surface area contributed by atoms with Crippen LogP contribution in [0.5, 0.6) is 11.5 Å². The average Bonchev–Trinajstić information content (AvgIpc) is 2.82. The summed E-state index contributed by atoms with van der Waals surface area (Å²) >= 11 is 0. The van der Waals surface area contributed by atoms with Gasteiger partial charge in [-0.2, -0.15) is 5.26 Å². The number of nitrogens with zero attached hydrogens (tertiary/aromatic N) is 1. The number of hydrogen-bond acceptors (Lipinski definition) is 4. The fourth-order valence-corrected chi connectivity index (χ4v) is 2.84. The molecule has 0 aliphatic rings. The molecule has 1 N–H and O–H groups in total. The van der Waals surface area contributed by atoms with Crippen LogP contribution in [0.2, 0.25) is 0 Å². The minimum Gasteiger partial charge on any atom is -0.489 e. The number of para-hydroxylation sites is 1. The number of carbonyl (C=O) groups excluding carboxylic acids is 1. The number of terminal acetylenes is 1. The molecule has 0 heterocycles. The van der Waals surface area contributed by atoms with Crippen molar-refractivity contribution in [3.63, 3.8) is 0 Å². The normalized spacial score (nSPS) is 10.5. The largest absolute Gasteiger partial charge is 0.489 e. The second kappa shape index (κ2) is 11.1. The molecule has 0 unspecified atom stereocenters. The molecule has 0 radical (unpaired) electrons. The van der Waals surface area contributed by atoms with Crippen molar-refractivity contribution in [3.05, 3.63) is 95.1 Å². The summed E-state index contributed by atoms with van der Waals surface area (Å²) < 4.78 is 11.2. The first kappa shape index (κ1) is 22.2. The molecule has 5 heteroatoms. The fourth-order valence-electron chi connectivity index (χ4n) is 2.84. The molecule has 3 rings (SSSR count). The van der Waals surface area contributed by atoms with E-state index in [0.29, 0.717) is 29.4 Å². The number of aryl methyl sites for hydroxylation is 1. The number of rotatable bonds is 8. The van der Waals surface area contributed by atoms with E-state index in [1.54, 1.807) is 48.5 Å². The number of ether oxygens (including phenoxy) is 2. The second-order valence-corrected chi connectivity index (χ2v) is 6.95. The Morgan fingerprint density at radius 1 is 1.03 bits per heavy atom. The molecular formula is C27H22N2O3. The van der Waals surface area contributed by atoms with Gasteiger partial charge >= 0.3 is 0 Å². The standard InChI is InChI=1S/C27H22N2O3/c1-3-16-31-26-7-5-4-6-22(26)17-23(18-28)27(30)29-24-12-14-25(15-13-24)32-19-21-10-8-20(2)9-11-21/h1,4-15,17H,16,19H2,2H3,(H,29,30)/b23-17+. The summed E-state index contributed by atoms with van der Waals surface area (Å²) in [5, 5.41) is 12.2. The van der Waals surface area contributed by atoms with Crippen LogP contribution in [0.25, 0.3) is 6.08 Å². The van der Waals surface area contributed by atoms with Gasteiger partial charge in [-0.1, -0.05) is 53.9 Å². The molecule has 3 aromatic rings. The van der Waals surface area contributed by atoms with Crippen LogP contribution in [0.15, 0.2) is 78.4 Å². The molecule has 158 valence electrons. The SMILES string of the molecule is C#CCOc1ccccc1/C=C(\C#N)C(=O)Nc1ccc(OCc2ccc(C)cc2)cc1. The van der Waals surface area contributed by atoms with Gasteiger partial charge in [-0.05, 0) is 48.9 Å². The van der Waals surface area contributed by atoms with Crippen LogP contribution in [0, 0.1) is 30.6 Å². The van der Waals surface area contributed by atoms with E-state index in [0.717, 1.165) is 5.56 Å². The van der Waals surface area contributed by atoms with Gasteiger partial charge in [0.2, 0.25) is 0 Å². The van der Waals surface area contributed by atoms with Gasteiger partial charge in [-0.15, -0.1) is 6.42 Å². The topological polar surface area (TPSA) is 71.3 Å². The number of nitrogens with one attached hydrogen (secondary N) is 1. The summed E-state index contributed by atoms with van der Waals surface area (Å²) in [4.78, 5) is 12.6. The van der Waals surface area contributed by atoms with Gasteiger partial charge in [0.1, 0.15) is 36.4 Å². The first-order valence-corrected chi connectivity index (χ1v) is 9.96. The minimum atomic E-state index is -0.521. The van der Waals surface area contributed by atoms with Gasteiger partial charge in [0.25, 0.3) is 5.91 Å². The summed E-state index contributed by atoms with van der Waals surface area (Å²) in [7, 11) is 0. The van der Waals surface area contributed by atoms with Crippen molar-refractivity contribution < 1.29 is 14.3 Å². The summed E-state index contributed by atoms with van der Waals surface area (Å²) in [5.41, 5.74) is 3.36. The Hall–Kier alpha value is -4.48. The zero-order chi connectivity index (χ0) is 22.8. The van der Waals surface area contributed by atoms with Crippen molar-refractivity contribution in [2.75, 3.05) is 11.9 Å². The zero-order valence-corrected chi connectivity index (χ0v) is 17.7. The minimum absolute atomic E-state index is 0.0542. The van der Waals surface area contributed by atoms with Gasteiger partial charge in [0.05, 0.1) is 0 Å². The fraction of sp³-hybridized carbons (Fsp3) is 0.111. The molecule has 32 heavy (non-hydrogen) atoms. The van der Waals surface area contributed by atoms with Crippen LogP contribution in [0.4, 0.5) is 5.69 Å². The number of hydrogen-bond donors (Lipinski definition) is 1. The van der Waals surface area contributed by atoms with Crippen LogP contribution < -0.4 is 14.8 Å². The Bertz CT molecular complexity index is 1180. The van der Waals surface area contributed by atoms with E-state index in [1.807, 2.05) is 37.3 Å². The first-order chi connectivity index (χ1) is 15.6. The monoisotopic (exact) mass is 422 g/mol. The number of benzene rings is 3. The first-order valence-electron chi connectivity index (χ1n) is 9.96. The van der Waals surface area contributed by atoms with E-state index in [2.05, 4.69) is 11.2 Å². The van der Waals surface area contributed by atoms with Crippen molar-refractivity contribution in [1.82, 2.24) is 0 Å². The van der Waals surface area contributed by atoms with Gasteiger partial charge in [0.15, 0.2) is 0 Å². The van der Waals surface area contributed by atoms with Crippen molar-refractivity contribution in [1.29, 1.82) is 5.26 Å². The van der Waals surface area contributed by atoms with Gasteiger partial charge < -0.3 is 14.8 Å². The lowest BCUT2D eigenvalue weighted by Gasteiger charge is -2.09. The van der Waals surface area contributed by atoms with Gasteiger partial charge in [-0.3, -0.25) is 4.79 Å². The number of amides is 1. The van der Waals surface area contributed by atoms with Gasteiger partial charge in [-0.25, -0.2) is 0 Å². The highest BCUT2D eigenvalue weighted by atomic mass is 16.5. The highest BCUT2D eigenvalue weighted by Gasteiger charge is 2.11. The Labute approximate surface area is 187 Å². The molecule has 0 spiro atoms. The molecule has 0 aromatic heterocycles. The number of nitriles is 1. The second-order valence-electron chi connectivity index (χ2n) is 6.95. The molecule has 0 aliphatic heterocycles. The van der Waals surface area contributed by atoms with E-state index in [4.69, 9.17) is 15.9 Å². The van der Waals surface area contributed by atoms with E-state index >= 15 is 0 Å². The lowest BCUT2D eigenvalue weighted by atomic mass is 10.1. The summed E-state index contributed by atoms with van der Waals surface area (Å²) in [5.74, 6) is 3.05. The predicted octanol–water partition coefficient (Wildman–Crippen LogP) is 5.13. The third kappa shape index (κ3) is 6.26. The molecule has 5 nitrogen and oxygen atoms in total. The summed E-state index contributed by atoms with van der Waals surface area (Å²) in [6, 6.07) is 24.1. The highest BCUT2D eigenvalue weighted by Crippen LogP contribution is 2.22. The van der Waals surface area contributed by atoms with E-state index in [-0.39, 0.29) is 12.2 Å². The maximum absolute atomic E-state index is 12.6. The van der Waals surface area contributed by atoms with E-state index in [9.17, 15) is 10.1 Å². The number of anilines is 1. The molecule has 0 atom stereocenters. The van der Waals surface area contributed by atoms with Crippen LogP contribution in [-0.4, -0.2) is 12.5 Å². The molecule has 0 aliphatic carbocycles. The molecule has 0 saturated carbocycles. The molecule has 0 saturated heterocycles. The van der Waals surface area contributed by atoms with Crippen molar-refractivity contribution >= 4 is 17.7 Å². The summed E-state index contributed by atoms with van der Waals surface area (Å²) in [6.07, 6.45) is 6.71. The molecule has 0 bridgehead atoms. The average molecular weight is 422 g/mol. The Balaban J connectivity index is 1.64. The van der Waals surface area contributed by atoms with Crippen molar-refractivity contribution in [2.45, 2.75) is 13.5 Å². The third-order valence-electron chi connectivity index (χ3n) is 4.53. The molecule has 3 aromatic carbocycles. The van der Waals surface area contributed by atoms with Crippen LogP contribution in [-0.2, 0) is 11.4 Å². The quantitative estimate of drug-likeness (QED) is 0.310. The van der Waals surface area contributed by atoms with Crippen LogP contribution in [0.1, 0.15) is 16.7 Å². The summed E-state index contributed by atoms with van der Waals surface area (Å²) in [6.45, 7) is 2.59. The van der Waals surface area contributed by atoms with Crippen molar-refractivity contribution in [2.24, 2.45) is 0 Å². The Kier molecular flexibility index (Phi) is 7.68. The molecule has 0 fully saturated rings. The van der Waals surface area contributed by atoms with Crippen molar-refractivity contribution in [3.8, 4) is 29.9 Å².